The summed E-state index contributed by atoms with van der Waals surface area (Å²) in [6.07, 6.45) is 1.52. The van der Waals surface area contributed by atoms with Crippen LogP contribution in [0.1, 0.15) is 24.1 Å². The van der Waals surface area contributed by atoms with Gasteiger partial charge < -0.3 is 15.0 Å². The Balaban J connectivity index is 1.60. The standard InChI is InChI=1S/C20H26N4O3/c1-14-4-6-17(7-5-14)24-18(12-15(2)22-24)21-19(25)13-23-10-8-16(9-11-23)20(26)27-3/h4-7,12,16H,8-11,13H2,1-3H3,(H,21,25)/p+1. The first kappa shape index (κ1) is 19.1. The van der Waals surface area contributed by atoms with Crippen molar-refractivity contribution in [3.63, 3.8) is 0 Å². The Kier molecular flexibility index (Phi) is 5.91. The number of aryl methyl sites for hydroxylation is 2. The molecular formula is C20H27N4O3+. The van der Waals surface area contributed by atoms with Gasteiger partial charge in [-0.25, -0.2) is 4.68 Å². The Morgan fingerprint density at radius 2 is 1.89 bits per heavy atom. The van der Waals surface area contributed by atoms with E-state index in [1.165, 1.54) is 17.6 Å². The van der Waals surface area contributed by atoms with E-state index in [2.05, 4.69) is 10.4 Å². The zero-order chi connectivity index (χ0) is 19.4. The molecular weight excluding hydrogens is 344 g/mol. The molecule has 3 rings (SSSR count). The first-order valence-electron chi connectivity index (χ1n) is 9.31. The van der Waals surface area contributed by atoms with Gasteiger partial charge in [-0.1, -0.05) is 17.7 Å². The third kappa shape index (κ3) is 4.74. The number of amides is 1. The maximum absolute atomic E-state index is 12.5. The van der Waals surface area contributed by atoms with Crippen molar-refractivity contribution in [1.82, 2.24) is 9.78 Å². The van der Waals surface area contributed by atoms with Crippen LogP contribution >= 0.6 is 0 Å². The molecule has 144 valence electrons. The molecule has 1 aliphatic rings. The number of rotatable bonds is 5. The van der Waals surface area contributed by atoms with Crippen LogP contribution in [0.5, 0.6) is 0 Å². The van der Waals surface area contributed by atoms with Crippen molar-refractivity contribution < 1.29 is 19.2 Å². The van der Waals surface area contributed by atoms with Gasteiger partial charge >= 0.3 is 5.97 Å². The predicted molar refractivity (Wildman–Crippen MR) is 102 cm³/mol. The van der Waals surface area contributed by atoms with E-state index in [-0.39, 0.29) is 17.8 Å². The second-order valence-corrected chi connectivity index (χ2v) is 7.19. The van der Waals surface area contributed by atoms with Gasteiger partial charge in [0.25, 0.3) is 5.91 Å². The molecule has 2 aromatic rings. The van der Waals surface area contributed by atoms with Crippen molar-refractivity contribution in [2.75, 3.05) is 32.1 Å². The molecule has 0 spiro atoms. The van der Waals surface area contributed by atoms with Gasteiger partial charge in [-0.3, -0.25) is 9.59 Å². The van der Waals surface area contributed by atoms with Gasteiger partial charge in [-0.15, -0.1) is 0 Å². The van der Waals surface area contributed by atoms with Crippen molar-refractivity contribution in [3.05, 3.63) is 41.6 Å². The average molecular weight is 371 g/mol. The van der Waals surface area contributed by atoms with Crippen molar-refractivity contribution in [3.8, 4) is 5.69 Å². The summed E-state index contributed by atoms with van der Waals surface area (Å²) in [5, 5.41) is 7.48. The van der Waals surface area contributed by atoms with Crippen LogP contribution in [0, 0.1) is 19.8 Å². The lowest BCUT2D eigenvalue weighted by molar-refractivity contribution is -0.897. The highest BCUT2D eigenvalue weighted by Gasteiger charge is 2.29. The molecule has 2 heterocycles. The van der Waals surface area contributed by atoms with Crippen molar-refractivity contribution >= 4 is 17.7 Å². The van der Waals surface area contributed by atoms with E-state index in [1.54, 1.807) is 4.68 Å². The first-order valence-corrected chi connectivity index (χ1v) is 9.31. The topological polar surface area (TPSA) is 77.7 Å². The number of anilines is 1. The van der Waals surface area contributed by atoms with E-state index in [4.69, 9.17) is 4.74 Å². The number of carbonyl (C=O) groups is 2. The monoisotopic (exact) mass is 371 g/mol. The number of nitrogens with one attached hydrogen (secondary N) is 2. The molecule has 0 atom stereocenters. The lowest BCUT2D eigenvalue weighted by Gasteiger charge is -2.27. The molecule has 2 N–H and O–H groups in total. The lowest BCUT2D eigenvalue weighted by atomic mass is 9.97. The maximum atomic E-state index is 12.5. The zero-order valence-electron chi connectivity index (χ0n) is 16.1. The summed E-state index contributed by atoms with van der Waals surface area (Å²) < 4.78 is 6.57. The molecule has 7 nitrogen and oxygen atoms in total. The lowest BCUT2D eigenvalue weighted by Crippen LogP contribution is -3.14. The fourth-order valence-corrected chi connectivity index (χ4v) is 3.49. The summed E-state index contributed by atoms with van der Waals surface area (Å²) in [5.74, 6) is 0.448. The normalized spacial score (nSPS) is 19.5. The summed E-state index contributed by atoms with van der Waals surface area (Å²) in [6, 6.07) is 9.89. The highest BCUT2D eigenvalue weighted by atomic mass is 16.5. The van der Waals surface area contributed by atoms with Gasteiger partial charge in [0.15, 0.2) is 6.54 Å². The van der Waals surface area contributed by atoms with E-state index in [1.807, 2.05) is 44.2 Å². The van der Waals surface area contributed by atoms with Crippen LogP contribution in [-0.4, -0.2) is 48.4 Å². The van der Waals surface area contributed by atoms with Crippen LogP contribution in [0.15, 0.2) is 30.3 Å². The van der Waals surface area contributed by atoms with Crippen molar-refractivity contribution in [1.29, 1.82) is 0 Å². The minimum atomic E-state index is -0.143. The molecule has 0 aliphatic carbocycles. The summed E-state index contributed by atoms with van der Waals surface area (Å²) in [6.45, 7) is 5.91. The molecule has 1 aliphatic heterocycles. The smallest absolute Gasteiger partial charge is 0.309 e. The van der Waals surface area contributed by atoms with Gasteiger partial charge in [-0.05, 0) is 26.0 Å². The second-order valence-electron chi connectivity index (χ2n) is 7.19. The number of methoxy groups -OCH3 is 1. The number of benzene rings is 1. The number of esters is 1. The highest BCUT2D eigenvalue weighted by molar-refractivity contribution is 5.91. The number of ether oxygens (including phenoxy) is 1. The minimum Gasteiger partial charge on any atom is -0.469 e. The number of hydrogen-bond donors (Lipinski definition) is 2. The van der Waals surface area contributed by atoms with Gasteiger partial charge in [0.2, 0.25) is 0 Å². The molecule has 0 saturated carbocycles. The Bertz CT molecular complexity index is 805. The number of quaternary nitrogens is 1. The number of hydrogen-bond acceptors (Lipinski definition) is 4. The van der Waals surface area contributed by atoms with E-state index >= 15 is 0 Å². The van der Waals surface area contributed by atoms with Gasteiger partial charge in [0, 0.05) is 18.9 Å². The molecule has 0 bridgehead atoms. The Morgan fingerprint density at radius 1 is 1.22 bits per heavy atom. The maximum Gasteiger partial charge on any atom is 0.309 e. The van der Waals surface area contributed by atoms with Crippen LogP contribution in [0.2, 0.25) is 0 Å². The fraction of sp³-hybridized carbons (Fsp3) is 0.450. The van der Waals surface area contributed by atoms with Crippen LogP contribution in [0.4, 0.5) is 5.82 Å². The number of likely N-dealkylation sites (tertiary alicyclic amines) is 1. The minimum absolute atomic E-state index is 0.0348. The van der Waals surface area contributed by atoms with Gasteiger partial charge in [0.05, 0.1) is 37.5 Å². The molecule has 1 amide bonds. The van der Waals surface area contributed by atoms with Crippen LogP contribution in [0.25, 0.3) is 5.69 Å². The third-order valence-corrected chi connectivity index (χ3v) is 5.02. The largest absolute Gasteiger partial charge is 0.469 e. The molecule has 27 heavy (non-hydrogen) atoms. The summed E-state index contributed by atoms with van der Waals surface area (Å²) >= 11 is 0. The number of piperidine rings is 1. The third-order valence-electron chi connectivity index (χ3n) is 5.02. The average Bonchev–Trinajstić information content (AvgIpc) is 3.02. The van der Waals surface area contributed by atoms with Crippen LogP contribution in [0.3, 0.4) is 0 Å². The summed E-state index contributed by atoms with van der Waals surface area (Å²) in [5.41, 5.74) is 2.93. The molecule has 7 heteroatoms. The zero-order valence-corrected chi connectivity index (χ0v) is 16.1. The summed E-state index contributed by atoms with van der Waals surface area (Å²) in [7, 11) is 1.42. The Morgan fingerprint density at radius 3 is 2.52 bits per heavy atom. The van der Waals surface area contributed by atoms with E-state index in [9.17, 15) is 9.59 Å². The van der Waals surface area contributed by atoms with Crippen LogP contribution in [-0.2, 0) is 14.3 Å². The van der Waals surface area contributed by atoms with E-state index in [0.717, 1.165) is 37.3 Å². The Hall–Kier alpha value is -2.67. The molecule has 1 aromatic heterocycles. The van der Waals surface area contributed by atoms with Gasteiger partial charge in [-0.2, -0.15) is 5.10 Å². The molecule has 1 saturated heterocycles. The fourth-order valence-electron chi connectivity index (χ4n) is 3.49. The van der Waals surface area contributed by atoms with Crippen molar-refractivity contribution in [2.45, 2.75) is 26.7 Å². The van der Waals surface area contributed by atoms with Crippen LogP contribution < -0.4 is 10.2 Å². The molecule has 0 unspecified atom stereocenters. The number of carbonyl (C=O) groups excluding carboxylic acids is 2. The van der Waals surface area contributed by atoms with Gasteiger partial charge in [0.1, 0.15) is 5.82 Å². The summed E-state index contributed by atoms with van der Waals surface area (Å²) in [4.78, 5) is 25.3. The quantitative estimate of drug-likeness (QED) is 0.766. The van der Waals surface area contributed by atoms with Crippen molar-refractivity contribution in [2.24, 2.45) is 5.92 Å². The van der Waals surface area contributed by atoms with E-state index < -0.39 is 0 Å². The number of aromatic nitrogens is 2. The van der Waals surface area contributed by atoms with E-state index in [0.29, 0.717) is 12.4 Å². The first-order chi connectivity index (χ1) is 13.0. The number of nitrogens with zero attached hydrogens (tertiary/aromatic N) is 2. The molecule has 0 radical (unpaired) electrons. The SMILES string of the molecule is COC(=O)C1CC[NH+](CC(=O)Nc2cc(C)nn2-c2ccc(C)cc2)CC1. The highest BCUT2D eigenvalue weighted by Crippen LogP contribution is 2.17. The second kappa shape index (κ2) is 8.35. The molecule has 1 aromatic carbocycles. The predicted octanol–water partition coefficient (Wildman–Crippen LogP) is 0.896. The molecule has 1 fully saturated rings. The Labute approximate surface area is 159 Å².